The molecule has 2 aliphatic heterocycles. The van der Waals surface area contributed by atoms with Crippen molar-refractivity contribution in [2.24, 2.45) is 4.99 Å². The molecule has 0 spiro atoms. The van der Waals surface area contributed by atoms with Crippen LogP contribution in [0.25, 0.3) is 0 Å². The number of benzene rings is 2. The molecule has 0 saturated carbocycles. The number of aryl methyl sites for hydroxylation is 2. The van der Waals surface area contributed by atoms with Gasteiger partial charge in [-0.05, 0) is 56.2 Å². The minimum absolute atomic E-state index is 0.0581. The van der Waals surface area contributed by atoms with Gasteiger partial charge in [-0.2, -0.15) is 4.98 Å². The van der Waals surface area contributed by atoms with Crippen molar-refractivity contribution in [2.45, 2.75) is 26.8 Å². The minimum atomic E-state index is -0.683. The second-order valence-electron chi connectivity index (χ2n) is 9.53. The van der Waals surface area contributed by atoms with Crippen molar-refractivity contribution in [2.75, 3.05) is 31.2 Å². The summed E-state index contributed by atoms with van der Waals surface area (Å²) in [7, 11) is 0. The lowest BCUT2D eigenvalue weighted by molar-refractivity contribution is -0.128. The van der Waals surface area contributed by atoms with Crippen LogP contribution < -0.4 is 9.64 Å². The molecule has 3 heterocycles. The molecule has 1 atom stereocenters. The molecular formula is C29H29F2N5O2. The Kier molecular flexibility index (Phi) is 6.84. The molecule has 38 heavy (non-hydrogen) atoms. The van der Waals surface area contributed by atoms with Crippen molar-refractivity contribution in [3.8, 4) is 11.6 Å². The Balaban J connectivity index is 1.58. The van der Waals surface area contributed by atoms with E-state index in [1.165, 1.54) is 30.3 Å². The Morgan fingerprint density at radius 3 is 2.53 bits per heavy atom. The molecule has 1 aromatic heterocycles. The predicted octanol–water partition coefficient (Wildman–Crippen LogP) is 5.34. The molecule has 7 nitrogen and oxygen atoms in total. The highest BCUT2D eigenvalue weighted by Gasteiger charge is 2.34. The first-order valence-electron chi connectivity index (χ1n) is 12.5. The van der Waals surface area contributed by atoms with Gasteiger partial charge in [-0.1, -0.05) is 30.8 Å². The zero-order valence-electron chi connectivity index (χ0n) is 21.6. The molecule has 1 fully saturated rings. The van der Waals surface area contributed by atoms with Crippen LogP contribution in [0.1, 0.15) is 23.6 Å². The van der Waals surface area contributed by atoms with Gasteiger partial charge >= 0.3 is 0 Å². The maximum atomic E-state index is 15.5. The fraction of sp³-hybridized carbons (Fsp3) is 0.276. The van der Waals surface area contributed by atoms with Crippen molar-refractivity contribution >= 4 is 23.2 Å². The van der Waals surface area contributed by atoms with Crippen LogP contribution in [0.4, 0.5) is 20.3 Å². The first-order valence-corrected chi connectivity index (χ1v) is 12.5. The Morgan fingerprint density at radius 1 is 1.11 bits per heavy atom. The number of amidine groups is 1. The highest BCUT2D eigenvalue weighted by Crippen LogP contribution is 2.38. The van der Waals surface area contributed by atoms with E-state index >= 15 is 4.39 Å². The van der Waals surface area contributed by atoms with Crippen LogP contribution in [-0.2, 0) is 4.79 Å². The summed E-state index contributed by atoms with van der Waals surface area (Å²) in [5.41, 5.74) is 3.51. The third-order valence-electron chi connectivity index (χ3n) is 6.89. The predicted molar refractivity (Wildman–Crippen MR) is 143 cm³/mol. The summed E-state index contributed by atoms with van der Waals surface area (Å²) in [4.78, 5) is 27.5. The van der Waals surface area contributed by atoms with Gasteiger partial charge in [-0.25, -0.2) is 13.8 Å². The first kappa shape index (κ1) is 25.4. The van der Waals surface area contributed by atoms with Gasteiger partial charge in [0.15, 0.2) is 5.82 Å². The van der Waals surface area contributed by atoms with Crippen LogP contribution in [0.5, 0.6) is 11.6 Å². The van der Waals surface area contributed by atoms with Gasteiger partial charge in [0.2, 0.25) is 5.91 Å². The van der Waals surface area contributed by atoms with Crippen LogP contribution in [-0.4, -0.2) is 58.9 Å². The van der Waals surface area contributed by atoms with Crippen molar-refractivity contribution < 1.29 is 18.3 Å². The lowest BCUT2D eigenvalue weighted by Gasteiger charge is -2.43. The van der Waals surface area contributed by atoms with Crippen LogP contribution in [0.15, 0.2) is 66.2 Å². The van der Waals surface area contributed by atoms with Crippen molar-refractivity contribution in [3.63, 3.8) is 0 Å². The number of aliphatic imine (C=N–C) groups is 1. The summed E-state index contributed by atoms with van der Waals surface area (Å²) in [6.45, 7) is 11.4. The van der Waals surface area contributed by atoms with Gasteiger partial charge in [0, 0.05) is 31.7 Å². The maximum Gasteiger partial charge on any atom is 0.257 e. The van der Waals surface area contributed by atoms with Crippen LogP contribution in [0.2, 0.25) is 0 Å². The molecule has 2 aliphatic rings. The number of hydrogen-bond donors (Lipinski definition) is 0. The summed E-state index contributed by atoms with van der Waals surface area (Å²) < 4.78 is 34.9. The number of nitrogens with zero attached hydrogens (tertiary/aromatic N) is 5. The van der Waals surface area contributed by atoms with E-state index in [-0.39, 0.29) is 30.2 Å². The molecule has 3 aromatic rings. The molecule has 0 bridgehead atoms. The molecule has 1 saturated heterocycles. The second kappa shape index (κ2) is 10.2. The number of para-hydroxylation sites is 1. The Hall–Kier alpha value is -4.27. The third-order valence-corrected chi connectivity index (χ3v) is 6.89. The first-order chi connectivity index (χ1) is 18.3. The smallest absolute Gasteiger partial charge is 0.257 e. The molecule has 5 rings (SSSR count). The van der Waals surface area contributed by atoms with Crippen molar-refractivity contribution in [1.29, 1.82) is 0 Å². The number of amides is 1. The quantitative estimate of drug-likeness (QED) is 0.437. The molecule has 0 N–H and O–H groups in total. The van der Waals surface area contributed by atoms with Gasteiger partial charge < -0.3 is 19.4 Å². The zero-order chi connectivity index (χ0) is 27.0. The summed E-state index contributed by atoms with van der Waals surface area (Å²) in [5, 5.41) is 0. The minimum Gasteiger partial charge on any atom is -0.436 e. The molecular weight excluding hydrogens is 488 g/mol. The second-order valence-corrected chi connectivity index (χ2v) is 9.53. The van der Waals surface area contributed by atoms with E-state index < -0.39 is 11.6 Å². The lowest BCUT2D eigenvalue weighted by Crippen LogP contribution is -2.56. The zero-order valence-corrected chi connectivity index (χ0v) is 21.6. The number of piperazine rings is 1. The number of hydrogen-bond acceptors (Lipinski definition) is 6. The number of halogens is 2. The molecule has 0 radical (unpaired) electrons. The largest absolute Gasteiger partial charge is 0.436 e. The summed E-state index contributed by atoms with van der Waals surface area (Å²) in [5.74, 6) is -0.276. The molecule has 196 valence electrons. The topological polar surface area (TPSA) is 61.3 Å². The summed E-state index contributed by atoms with van der Waals surface area (Å²) in [6, 6.07) is 12.8. The summed E-state index contributed by atoms with van der Waals surface area (Å²) in [6.07, 6.45) is 1.32. The number of carbonyl (C=O) groups excluding carboxylic acids is 1. The van der Waals surface area contributed by atoms with Gasteiger partial charge in [-0.15, -0.1) is 0 Å². The number of anilines is 2. The van der Waals surface area contributed by atoms with Crippen LogP contribution >= 0.6 is 0 Å². The standard InChI is InChI=1S/C29H29F2N5O2/c1-5-25(37)34-12-13-35(20(4)16-34)27-23-15-24(31)29(38-22-11-7-10-21(30)14-22)33-28(23)36(17-32-27)26-18(2)8-6-9-19(26)3/h5-11,14-15,20H,1,12-13,16-17H2,2-4H3/t20-/m0/s1. The molecule has 1 amide bonds. The Bertz CT molecular complexity index is 1420. The van der Waals surface area contributed by atoms with Gasteiger partial charge in [0.05, 0.1) is 11.3 Å². The molecule has 0 aliphatic carbocycles. The number of fused-ring (bicyclic) bond motifs is 1. The maximum absolute atomic E-state index is 15.5. The van der Waals surface area contributed by atoms with Crippen molar-refractivity contribution in [1.82, 2.24) is 14.8 Å². The Labute approximate surface area is 220 Å². The van der Waals surface area contributed by atoms with E-state index in [0.717, 1.165) is 16.8 Å². The number of pyridine rings is 1. The average Bonchev–Trinajstić information content (AvgIpc) is 2.89. The lowest BCUT2D eigenvalue weighted by atomic mass is 10.0. The SMILES string of the molecule is C=CC(=O)N1CCN(C2=NCN(c3c(C)cccc3C)c3nc(Oc4cccc(F)c4)c(F)cc32)[C@@H](C)C1. The third kappa shape index (κ3) is 4.71. The van der Waals surface area contributed by atoms with Gasteiger partial charge in [-0.3, -0.25) is 4.79 Å². The fourth-order valence-electron chi connectivity index (χ4n) is 5.09. The van der Waals surface area contributed by atoms with E-state index in [1.54, 1.807) is 11.0 Å². The van der Waals surface area contributed by atoms with Gasteiger partial charge in [0.25, 0.3) is 5.88 Å². The van der Waals surface area contributed by atoms with E-state index in [1.807, 2.05) is 43.9 Å². The van der Waals surface area contributed by atoms with Crippen LogP contribution in [0, 0.1) is 25.5 Å². The van der Waals surface area contributed by atoms with Gasteiger partial charge in [0.1, 0.15) is 29.9 Å². The van der Waals surface area contributed by atoms with E-state index in [2.05, 4.69) is 16.5 Å². The molecule has 0 unspecified atom stereocenters. The van der Waals surface area contributed by atoms with Crippen LogP contribution in [0.3, 0.4) is 0 Å². The number of carbonyl (C=O) groups is 1. The summed E-state index contributed by atoms with van der Waals surface area (Å²) >= 11 is 0. The number of aromatic nitrogens is 1. The highest BCUT2D eigenvalue weighted by atomic mass is 19.1. The van der Waals surface area contributed by atoms with E-state index in [0.29, 0.717) is 36.9 Å². The highest BCUT2D eigenvalue weighted by molar-refractivity contribution is 6.05. The number of rotatable bonds is 4. The molecule has 9 heteroatoms. The Morgan fingerprint density at radius 2 is 1.84 bits per heavy atom. The normalized spacial score (nSPS) is 17.1. The average molecular weight is 518 g/mol. The fourth-order valence-corrected chi connectivity index (χ4v) is 5.09. The van der Waals surface area contributed by atoms with E-state index in [4.69, 9.17) is 9.73 Å². The van der Waals surface area contributed by atoms with Crippen molar-refractivity contribution in [3.05, 3.63) is 89.5 Å². The van der Waals surface area contributed by atoms with E-state index in [9.17, 15) is 9.18 Å². The monoisotopic (exact) mass is 517 g/mol. The number of ether oxygens (including phenoxy) is 1. The molecule has 2 aromatic carbocycles.